The Morgan fingerprint density at radius 1 is 1.17 bits per heavy atom. The van der Waals surface area contributed by atoms with Crippen molar-refractivity contribution in [3.63, 3.8) is 0 Å². The minimum atomic E-state index is -3.97. The van der Waals surface area contributed by atoms with Gasteiger partial charge in [-0.05, 0) is 43.5 Å². The summed E-state index contributed by atoms with van der Waals surface area (Å²) >= 11 is 0. The average Bonchev–Trinajstić information content (AvgIpc) is 2.72. The molecule has 0 saturated carbocycles. The fraction of sp³-hybridized carbons (Fsp3) is 0.600. The quantitative estimate of drug-likeness (QED) is 0.730. The van der Waals surface area contributed by atoms with Gasteiger partial charge < -0.3 is 10.8 Å². The topological polar surface area (TPSA) is 118 Å². The number of rotatable bonds is 5. The maximum atomic E-state index is 13.1. The Balaban J connectivity index is 2.53. The van der Waals surface area contributed by atoms with E-state index >= 15 is 0 Å². The van der Waals surface area contributed by atoms with Crippen LogP contribution in [0, 0.1) is 20.8 Å². The second-order valence-electron chi connectivity index (χ2n) is 6.32. The summed E-state index contributed by atoms with van der Waals surface area (Å²) in [6.45, 7) is 5.39. The number of nitrogens with zero attached hydrogens (tertiary/aromatic N) is 1. The van der Waals surface area contributed by atoms with Gasteiger partial charge in [-0.1, -0.05) is 6.07 Å². The summed E-state index contributed by atoms with van der Waals surface area (Å²) in [5.41, 5.74) is 7.92. The SMILES string of the molecule is Cc1cc(C)c(S(=O)(=O)N(CCN)[C@H]2CS(=O)(=O)C[C@H]2O)cc1C. The van der Waals surface area contributed by atoms with Gasteiger partial charge >= 0.3 is 0 Å². The summed E-state index contributed by atoms with van der Waals surface area (Å²) < 4.78 is 50.8. The van der Waals surface area contributed by atoms with Gasteiger partial charge in [0.05, 0.1) is 28.5 Å². The van der Waals surface area contributed by atoms with Crippen LogP contribution in [-0.2, 0) is 19.9 Å². The summed E-state index contributed by atoms with van der Waals surface area (Å²) in [4.78, 5) is 0.121. The molecule has 9 heteroatoms. The van der Waals surface area contributed by atoms with Crippen LogP contribution in [0.1, 0.15) is 16.7 Å². The third kappa shape index (κ3) is 3.65. The number of sulfone groups is 1. The smallest absolute Gasteiger partial charge is 0.243 e. The van der Waals surface area contributed by atoms with Gasteiger partial charge in [-0.2, -0.15) is 4.31 Å². The van der Waals surface area contributed by atoms with E-state index in [-0.39, 0.29) is 18.0 Å². The molecule has 0 spiro atoms. The van der Waals surface area contributed by atoms with Crippen LogP contribution in [-0.4, -0.2) is 63.0 Å². The van der Waals surface area contributed by atoms with Crippen molar-refractivity contribution in [3.8, 4) is 0 Å². The first-order valence-electron chi connectivity index (χ1n) is 7.68. The molecule has 7 nitrogen and oxygen atoms in total. The summed E-state index contributed by atoms with van der Waals surface area (Å²) in [5, 5.41) is 10.1. The first kappa shape index (κ1) is 19.3. The van der Waals surface area contributed by atoms with E-state index in [1.165, 1.54) is 0 Å². The van der Waals surface area contributed by atoms with Crippen molar-refractivity contribution >= 4 is 19.9 Å². The second kappa shape index (κ2) is 6.72. The Labute approximate surface area is 143 Å². The predicted octanol–water partition coefficient (Wildman–Crippen LogP) is -0.281. The lowest BCUT2D eigenvalue weighted by molar-refractivity contribution is 0.129. The van der Waals surface area contributed by atoms with Crippen molar-refractivity contribution in [3.05, 3.63) is 28.8 Å². The van der Waals surface area contributed by atoms with Gasteiger partial charge in [0.15, 0.2) is 9.84 Å². The van der Waals surface area contributed by atoms with E-state index in [1.807, 2.05) is 13.8 Å². The lowest BCUT2D eigenvalue weighted by Gasteiger charge is -2.29. The van der Waals surface area contributed by atoms with Gasteiger partial charge in [0.2, 0.25) is 10.0 Å². The molecule has 1 heterocycles. The molecule has 0 aromatic heterocycles. The largest absolute Gasteiger partial charge is 0.390 e. The molecule has 0 unspecified atom stereocenters. The minimum Gasteiger partial charge on any atom is -0.390 e. The molecule has 1 aliphatic heterocycles. The normalized spacial score (nSPS) is 23.8. The molecule has 0 amide bonds. The van der Waals surface area contributed by atoms with Crippen molar-refractivity contribution in [2.24, 2.45) is 5.73 Å². The van der Waals surface area contributed by atoms with Gasteiger partial charge in [0, 0.05) is 13.1 Å². The molecular weight excluding hydrogens is 352 g/mol. The highest BCUT2D eigenvalue weighted by Crippen LogP contribution is 2.28. The number of hydrogen-bond acceptors (Lipinski definition) is 6. The Kier molecular flexibility index (Phi) is 5.41. The minimum absolute atomic E-state index is 0.0341. The molecule has 3 N–H and O–H groups in total. The predicted molar refractivity (Wildman–Crippen MR) is 92.0 cm³/mol. The number of sulfonamides is 1. The fourth-order valence-electron chi connectivity index (χ4n) is 3.02. The third-order valence-corrected chi connectivity index (χ3v) is 8.16. The molecule has 2 rings (SSSR count). The van der Waals surface area contributed by atoms with Gasteiger partial charge in [-0.15, -0.1) is 0 Å². The molecule has 1 aliphatic rings. The van der Waals surface area contributed by atoms with Gasteiger partial charge in [-0.3, -0.25) is 0 Å². The Bertz CT molecular complexity index is 834. The second-order valence-corrected chi connectivity index (χ2v) is 10.3. The molecule has 1 aromatic carbocycles. The number of aliphatic hydroxyl groups excluding tert-OH is 1. The average molecular weight is 377 g/mol. The number of benzene rings is 1. The van der Waals surface area contributed by atoms with Crippen LogP contribution in [0.4, 0.5) is 0 Å². The van der Waals surface area contributed by atoms with E-state index < -0.39 is 43.5 Å². The number of nitrogens with two attached hydrogens (primary N) is 1. The molecule has 24 heavy (non-hydrogen) atoms. The van der Waals surface area contributed by atoms with Crippen molar-refractivity contribution in [1.82, 2.24) is 4.31 Å². The van der Waals surface area contributed by atoms with Crippen LogP contribution in [0.3, 0.4) is 0 Å². The maximum Gasteiger partial charge on any atom is 0.243 e. The number of hydrogen-bond donors (Lipinski definition) is 2. The van der Waals surface area contributed by atoms with Gasteiger partial charge in [0.1, 0.15) is 0 Å². The Hall–Kier alpha value is -1.00. The summed E-state index contributed by atoms with van der Waals surface area (Å²) in [6.07, 6.45) is -1.25. The van der Waals surface area contributed by atoms with Gasteiger partial charge in [-0.25, -0.2) is 16.8 Å². The zero-order valence-corrected chi connectivity index (χ0v) is 15.7. The first-order valence-corrected chi connectivity index (χ1v) is 10.9. The molecule has 1 fully saturated rings. The molecule has 0 radical (unpaired) electrons. The van der Waals surface area contributed by atoms with Crippen LogP contribution in [0.25, 0.3) is 0 Å². The molecule has 0 aliphatic carbocycles. The highest BCUT2D eigenvalue weighted by Gasteiger charge is 2.44. The van der Waals surface area contributed by atoms with E-state index in [0.29, 0.717) is 5.56 Å². The molecule has 136 valence electrons. The zero-order valence-electron chi connectivity index (χ0n) is 14.1. The molecule has 1 aromatic rings. The van der Waals surface area contributed by atoms with E-state index in [0.717, 1.165) is 15.4 Å². The van der Waals surface area contributed by atoms with Gasteiger partial charge in [0.25, 0.3) is 0 Å². The number of aryl methyl sites for hydroxylation is 3. The van der Waals surface area contributed by atoms with E-state index in [1.54, 1.807) is 19.1 Å². The van der Waals surface area contributed by atoms with E-state index in [2.05, 4.69) is 0 Å². The number of aliphatic hydroxyl groups is 1. The summed E-state index contributed by atoms with van der Waals surface area (Å²) in [5.74, 6) is -0.822. The maximum absolute atomic E-state index is 13.1. The molecule has 2 atom stereocenters. The first-order chi connectivity index (χ1) is 11.0. The Morgan fingerprint density at radius 3 is 2.25 bits per heavy atom. The van der Waals surface area contributed by atoms with Crippen molar-refractivity contribution in [2.45, 2.75) is 37.8 Å². The van der Waals surface area contributed by atoms with Crippen LogP contribution >= 0.6 is 0 Å². The zero-order chi connectivity index (χ0) is 18.3. The standard InChI is InChI=1S/C15H24N2O5S2/c1-10-6-12(3)15(7-11(10)2)24(21,22)17(5-4-16)13-8-23(19,20)9-14(13)18/h6-7,13-14,18H,4-5,8-9,16H2,1-3H3/t13-,14+/m0/s1. The van der Waals surface area contributed by atoms with Crippen LogP contribution in [0.15, 0.2) is 17.0 Å². The van der Waals surface area contributed by atoms with Crippen molar-refractivity contribution < 1.29 is 21.9 Å². The monoisotopic (exact) mass is 376 g/mol. The van der Waals surface area contributed by atoms with Crippen molar-refractivity contribution in [1.29, 1.82) is 0 Å². The third-order valence-electron chi connectivity index (χ3n) is 4.39. The van der Waals surface area contributed by atoms with Crippen LogP contribution in [0.2, 0.25) is 0 Å². The fourth-order valence-corrected chi connectivity index (χ4v) is 6.87. The van der Waals surface area contributed by atoms with E-state index in [9.17, 15) is 21.9 Å². The molecule has 0 bridgehead atoms. The van der Waals surface area contributed by atoms with Crippen molar-refractivity contribution in [2.75, 3.05) is 24.6 Å². The Morgan fingerprint density at radius 2 is 1.75 bits per heavy atom. The summed E-state index contributed by atoms with van der Waals surface area (Å²) in [7, 11) is -7.44. The summed E-state index contributed by atoms with van der Waals surface area (Å²) in [6, 6.07) is 2.36. The lowest BCUT2D eigenvalue weighted by atomic mass is 10.1. The highest BCUT2D eigenvalue weighted by molar-refractivity contribution is 7.92. The molecular formula is C15H24N2O5S2. The van der Waals surface area contributed by atoms with E-state index in [4.69, 9.17) is 5.73 Å². The lowest BCUT2D eigenvalue weighted by Crippen LogP contribution is -2.48. The molecule has 1 saturated heterocycles. The van der Waals surface area contributed by atoms with Crippen LogP contribution in [0.5, 0.6) is 0 Å². The highest BCUT2D eigenvalue weighted by atomic mass is 32.2. The van der Waals surface area contributed by atoms with Crippen LogP contribution < -0.4 is 5.73 Å².